The molecule has 11 heteroatoms. The molecule has 47 heavy (non-hydrogen) atoms. The van der Waals surface area contributed by atoms with Gasteiger partial charge >= 0.3 is 0 Å². The number of carbonyl (C=O) groups is 2. The van der Waals surface area contributed by atoms with Crippen LogP contribution in [0.15, 0.2) is 117 Å². The second-order valence-corrected chi connectivity index (χ2v) is 14.4. The molecule has 0 aliphatic heterocycles. The van der Waals surface area contributed by atoms with Crippen LogP contribution in [0.2, 0.25) is 0 Å². The normalized spacial score (nSPS) is 11.8. The number of hydrogen-bond donors (Lipinski definition) is 1. The highest BCUT2D eigenvalue weighted by Crippen LogP contribution is 2.28. The molecule has 0 fully saturated rings. The van der Waals surface area contributed by atoms with Crippen molar-refractivity contribution in [3.8, 4) is 5.75 Å². The molecule has 8 nitrogen and oxygen atoms in total. The maximum absolute atomic E-state index is 14.6. The summed E-state index contributed by atoms with van der Waals surface area (Å²) in [4.78, 5) is 30.8. The first-order chi connectivity index (χ1) is 22.7. The third kappa shape index (κ3) is 9.85. The Bertz CT molecular complexity index is 1700. The Labute approximate surface area is 290 Å². The van der Waals surface area contributed by atoms with Crippen molar-refractivity contribution in [1.82, 2.24) is 10.2 Å². The van der Waals surface area contributed by atoms with Crippen LogP contribution in [0.5, 0.6) is 5.75 Å². The molecule has 0 aromatic heterocycles. The first-order valence-corrected chi connectivity index (χ1v) is 18.9. The molecule has 0 heterocycles. The van der Waals surface area contributed by atoms with Gasteiger partial charge in [-0.3, -0.25) is 13.9 Å². The predicted molar refractivity (Wildman–Crippen MR) is 192 cm³/mol. The molecule has 1 N–H and O–H groups in total. The lowest BCUT2D eigenvalue weighted by atomic mass is 10.0. The molecule has 0 spiro atoms. The maximum Gasteiger partial charge on any atom is 0.264 e. The van der Waals surface area contributed by atoms with E-state index in [9.17, 15) is 18.0 Å². The Morgan fingerprint density at radius 1 is 0.872 bits per heavy atom. The van der Waals surface area contributed by atoms with E-state index in [0.29, 0.717) is 24.6 Å². The van der Waals surface area contributed by atoms with Crippen molar-refractivity contribution in [2.24, 2.45) is 0 Å². The highest BCUT2D eigenvalue weighted by molar-refractivity contribution is 9.10. The van der Waals surface area contributed by atoms with Gasteiger partial charge in [0.2, 0.25) is 11.8 Å². The number of hydrogen-bond acceptors (Lipinski definition) is 6. The van der Waals surface area contributed by atoms with Crippen molar-refractivity contribution in [1.29, 1.82) is 0 Å². The fourth-order valence-electron chi connectivity index (χ4n) is 4.99. The second kappa shape index (κ2) is 17.4. The van der Waals surface area contributed by atoms with Crippen LogP contribution in [0.1, 0.15) is 31.4 Å². The zero-order chi connectivity index (χ0) is 33.8. The Morgan fingerprint density at radius 3 is 2.13 bits per heavy atom. The molecule has 0 aliphatic rings. The maximum atomic E-state index is 14.6. The van der Waals surface area contributed by atoms with Gasteiger partial charge < -0.3 is 15.0 Å². The number of ether oxygens (including phenoxy) is 1. The Hall–Kier alpha value is -3.80. The molecular formula is C36H40BrN3O5S2. The van der Waals surface area contributed by atoms with Gasteiger partial charge in [-0.1, -0.05) is 65.3 Å². The van der Waals surface area contributed by atoms with Crippen LogP contribution in [0.3, 0.4) is 0 Å². The van der Waals surface area contributed by atoms with Crippen LogP contribution >= 0.6 is 27.7 Å². The molecule has 4 aromatic carbocycles. The summed E-state index contributed by atoms with van der Waals surface area (Å²) in [6.45, 7) is 4.30. The molecule has 0 saturated carbocycles. The number of nitrogens with one attached hydrogen (secondary N) is 1. The largest absolute Gasteiger partial charge is 0.494 e. The number of nitrogens with zero attached hydrogens (tertiary/aromatic N) is 2. The van der Waals surface area contributed by atoms with E-state index in [2.05, 4.69) is 21.2 Å². The molecule has 0 aliphatic carbocycles. The molecule has 2 amide bonds. The van der Waals surface area contributed by atoms with Gasteiger partial charge in [-0.05, 0) is 91.4 Å². The zero-order valence-electron chi connectivity index (χ0n) is 26.8. The lowest BCUT2D eigenvalue weighted by Gasteiger charge is -2.34. The summed E-state index contributed by atoms with van der Waals surface area (Å²) in [6.07, 6.45) is 2.89. The minimum Gasteiger partial charge on any atom is -0.494 e. The van der Waals surface area contributed by atoms with Gasteiger partial charge in [0.1, 0.15) is 18.3 Å². The van der Waals surface area contributed by atoms with E-state index in [-0.39, 0.29) is 23.8 Å². The van der Waals surface area contributed by atoms with Crippen LogP contribution in [0.25, 0.3) is 0 Å². The minimum atomic E-state index is -4.20. The number of thioether (sulfide) groups is 1. The van der Waals surface area contributed by atoms with Gasteiger partial charge in [0.25, 0.3) is 10.0 Å². The van der Waals surface area contributed by atoms with Gasteiger partial charge in [0.15, 0.2) is 0 Å². The lowest BCUT2D eigenvalue weighted by molar-refractivity contribution is -0.140. The van der Waals surface area contributed by atoms with Crippen molar-refractivity contribution in [3.05, 3.63) is 119 Å². The summed E-state index contributed by atoms with van der Waals surface area (Å²) in [7, 11) is -4.20. The molecule has 0 bridgehead atoms. The summed E-state index contributed by atoms with van der Waals surface area (Å²) < 4.78 is 36.1. The van der Waals surface area contributed by atoms with E-state index >= 15 is 0 Å². The number of anilines is 1. The van der Waals surface area contributed by atoms with Crippen molar-refractivity contribution >= 4 is 55.2 Å². The fourth-order valence-corrected chi connectivity index (χ4v) is 7.07. The SMILES string of the molecule is CCCNC(=O)[C@H](Cc1ccccc1)N(Cc1ccc(Br)cc1)C(=O)CN(c1ccc(OCC)cc1)S(=O)(=O)c1ccc(SC)cc1. The van der Waals surface area contributed by atoms with E-state index < -0.39 is 28.5 Å². The lowest BCUT2D eigenvalue weighted by Crippen LogP contribution is -2.53. The standard InChI is InChI=1S/C36H40BrN3O5S2/c1-4-23-38-36(42)34(24-27-9-7-6-8-10-27)39(25-28-11-13-29(37)14-12-28)35(41)26-40(30-15-17-31(18-16-30)45-5-2)47(43,44)33-21-19-32(46-3)20-22-33/h6-22,34H,4-5,23-26H2,1-3H3,(H,38,42)/t34-/m0/s1. The number of halogens is 1. The Balaban J connectivity index is 1.79. The fraction of sp³-hybridized carbons (Fsp3) is 0.278. The number of carbonyl (C=O) groups excluding carboxylic acids is 2. The highest BCUT2D eigenvalue weighted by Gasteiger charge is 2.34. The highest BCUT2D eigenvalue weighted by atomic mass is 79.9. The van der Waals surface area contributed by atoms with Gasteiger partial charge in [0, 0.05) is 28.9 Å². The Morgan fingerprint density at radius 2 is 1.53 bits per heavy atom. The van der Waals surface area contributed by atoms with Gasteiger partial charge in [-0.25, -0.2) is 8.42 Å². The Kier molecular flexibility index (Phi) is 13.3. The van der Waals surface area contributed by atoms with Crippen LogP contribution in [-0.2, 0) is 32.6 Å². The van der Waals surface area contributed by atoms with Crippen molar-refractivity contribution in [3.63, 3.8) is 0 Å². The first kappa shape index (κ1) is 36.0. The smallest absolute Gasteiger partial charge is 0.264 e. The third-order valence-corrected chi connectivity index (χ3v) is 10.5. The first-order valence-electron chi connectivity index (χ1n) is 15.4. The molecule has 0 radical (unpaired) electrons. The molecule has 4 aromatic rings. The summed E-state index contributed by atoms with van der Waals surface area (Å²) >= 11 is 4.97. The topological polar surface area (TPSA) is 96.0 Å². The summed E-state index contributed by atoms with van der Waals surface area (Å²) in [5.41, 5.74) is 1.98. The number of sulfonamides is 1. The van der Waals surface area contributed by atoms with Crippen molar-refractivity contribution in [2.45, 2.75) is 49.1 Å². The number of rotatable bonds is 16. The predicted octanol–water partition coefficient (Wildman–Crippen LogP) is 6.93. The van der Waals surface area contributed by atoms with E-state index in [1.165, 1.54) is 16.7 Å². The quantitative estimate of drug-likeness (QED) is 0.125. The molecule has 4 rings (SSSR count). The van der Waals surface area contributed by atoms with Crippen LogP contribution in [-0.4, -0.2) is 57.1 Å². The number of amides is 2. The van der Waals surface area contributed by atoms with Crippen molar-refractivity contribution in [2.75, 3.05) is 30.3 Å². The van der Waals surface area contributed by atoms with Crippen LogP contribution in [0, 0.1) is 0 Å². The second-order valence-electron chi connectivity index (χ2n) is 10.8. The van der Waals surface area contributed by atoms with Gasteiger partial charge in [0.05, 0.1) is 17.2 Å². The molecule has 0 unspecified atom stereocenters. The monoisotopic (exact) mass is 737 g/mol. The molecule has 248 valence electrons. The van der Waals surface area contributed by atoms with Crippen LogP contribution < -0.4 is 14.4 Å². The molecular weight excluding hydrogens is 698 g/mol. The van der Waals surface area contributed by atoms with Gasteiger partial charge in [-0.15, -0.1) is 11.8 Å². The molecule has 1 atom stereocenters. The average molecular weight is 739 g/mol. The number of benzene rings is 4. The van der Waals surface area contributed by atoms with Crippen molar-refractivity contribution < 1.29 is 22.7 Å². The minimum absolute atomic E-state index is 0.0537. The third-order valence-electron chi connectivity index (χ3n) is 7.45. The summed E-state index contributed by atoms with van der Waals surface area (Å²) in [5.74, 6) is -0.236. The van der Waals surface area contributed by atoms with Crippen LogP contribution in [0.4, 0.5) is 5.69 Å². The zero-order valence-corrected chi connectivity index (χ0v) is 30.0. The van der Waals surface area contributed by atoms with Gasteiger partial charge in [-0.2, -0.15) is 0 Å². The summed E-state index contributed by atoms with van der Waals surface area (Å²) in [5, 5.41) is 2.96. The van der Waals surface area contributed by atoms with E-state index in [4.69, 9.17) is 4.74 Å². The van der Waals surface area contributed by atoms with E-state index in [0.717, 1.165) is 31.2 Å². The van der Waals surface area contributed by atoms with E-state index in [1.807, 2.05) is 74.7 Å². The summed E-state index contributed by atoms with van der Waals surface area (Å²) in [6, 6.07) is 29.3. The van der Waals surface area contributed by atoms with E-state index in [1.54, 1.807) is 48.5 Å². The molecule has 0 saturated heterocycles. The average Bonchev–Trinajstić information content (AvgIpc) is 3.09.